The van der Waals surface area contributed by atoms with Crippen LogP contribution < -0.4 is 0 Å². The fourth-order valence-corrected chi connectivity index (χ4v) is 1.92. The van der Waals surface area contributed by atoms with Crippen molar-refractivity contribution in [2.75, 3.05) is 12.4 Å². The van der Waals surface area contributed by atoms with Crippen LogP contribution in [0.25, 0.3) is 0 Å². The van der Waals surface area contributed by atoms with E-state index in [1.54, 1.807) is 0 Å². The van der Waals surface area contributed by atoms with Gasteiger partial charge in [-0.2, -0.15) is 12.6 Å². The molecular weight excluding hydrogens is 232 g/mol. The van der Waals surface area contributed by atoms with Gasteiger partial charge in [0.05, 0.1) is 6.61 Å². The molecule has 0 rings (SSSR count). The molecule has 0 saturated carbocycles. The highest BCUT2D eigenvalue weighted by Gasteiger charge is 2.01. The number of carbonyl (C=O) groups excluding carboxylic acids is 1. The summed E-state index contributed by atoms with van der Waals surface area (Å²) in [5, 5.41) is 0. The van der Waals surface area contributed by atoms with Gasteiger partial charge in [0, 0.05) is 6.42 Å². The molecule has 102 valence electrons. The zero-order valence-corrected chi connectivity index (χ0v) is 12.1. The number of rotatable bonds is 12. The second-order valence-corrected chi connectivity index (χ2v) is 4.97. The van der Waals surface area contributed by atoms with E-state index in [1.807, 2.05) is 0 Å². The van der Waals surface area contributed by atoms with Crippen molar-refractivity contribution >= 4 is 18.6 Å². The molecule has 17 heavy (non-hydrogen) atoms. The second kappa shape index (κ2) is 13.9. The van der Waals surface area contributed by atoms with Gasteiger partial charge in [-0.05, 0) is 25.0 Å². The van der Waals surface area contributed by atoms with Gasteiger partial charge in [0.25, 0.3) is 0 Å². The van der Waals surface area contributed by atoms with E-state index < -0.39 is 0 Å². The summed E-state index contributed by atoms with van der Waals surface area (Å²) >= 11 is 4.17. The standard InChI is InChI=1S/C14H28O2S/c1-2-3-4-9-12-16-14(15)11-8-6-5-7-10-13-17/h17H,2-13H2,1H3. The predicted octanol–water partition coefficient (Wildman–Crippen LogP) is 4.38. The molecule has 0 saturated heterocycles. The van der Waals surface area contributed by atoms with E-state index in [0.717, 1.165) is 25.0 Å². The molecule has 0 aromatic carbocycles. The molecule has 0 aromatic rings. The number of esters is 1. The zero-order chi connectivity index (χ0) is 12.8. The molecule has 0 heterocycles. The van der Waals surface area contributed by atoms with E-state index >= 15 is 0 Å². The van der Waals surface area contributed by atoms with Gasteiger partial charge >= 0.3 is 5.97 Å². The number of thiol groups is 1. The highest BCUT2D eigenvalue weighted by molar-refractivity contribution is 7.80. The Balaban J connectivity index is 3.12. The van der Waals surface area contributed by atoms with Gasteiger partial charge in [0.1, 0.15) is 0 Å². The molecule has 0 N–H and O–H groups in total. The quantitative estimate of drug-likeness (QED) is 0.320. The Morgan fingerprint density at radius 1 is 0.941 bits per heavy atom. The summed E-state index contributed by atoms with van der Waals surface area (Å²) in [6, 6.07) is 0. The summed E-state index contributed by atoms with van der Waals surface area (Å²) in [5.41, 5.74) is 0. The zero-order valence-electron chi connectivity index (χ0n) is 11.2. The van der Waals surface area contributed by atoms with Gasteiger partial charge in [-0.1, -0.05) is 45.4 Å². The van der Waals surface area contributed by atoms with E-state index in [0.29, 0.717) is 13.0 Å². The predicted molar refractivity (Wildman–Crippen MR) is 76.7 cm³/mol. The van der Waals surface area contributed by atoms with Crippen molar-refractivity contribution in [3.05, 3.63) is 0 Å². The molecule has 0 atom stereocenters. The summed E-state index contributed by atoms with van der Waals surface area (Å²) in [5.74, 6) is 0.954. The first-order valence-electron chi connectivity index (χ1n) is 7.07. The fraction of sp³-hybridized carbons (Fsp3) is 0.929. The lowest BCUT2D eigenvalue weighted by Gasteiger charge is -2.04. The maximum absolute atomic E-state index is 11.3. The van der Waals surface area contributed by atoms with Gasteiger partial charge in [-0.15, -0.1) is 0 Å². The maximum atomic E-state index is 11.3. The molecule has 0 amide bonds. The van der Waals surface area contributed by atoms with E-state index in [9.17, 15) is 4.79 Å². The maximum Gasteiger partial charge on any atom is 0.305 e. The molecule has 0 spiro atoms. The average molecular weight is 260 g/mol. The van der Waals surface area contributed by atoms with E-state index in [2.05, 4.69) is 19.6 Å². The van der Waals surface area contributed by atoms with E-state index in [1.165, 1.54) is 38.5 Å². The van der Waals surface area contributed by atoms with Crippen LogP contribution in [0.3, 0.4) is 0 Å². The van der Waals surface area contributed by atoms with Crippen molar-refractivity contribution in [1.29, 1.82) is 0 Å². The number of ether oxygens (including phenoxy) is 1. The molecule has 2 nitrogen and oxygen atoms in total. The van der Waals surface area contributed by atoms with Gasteiger partial charge in [-0.25, -0.2) is 0 Å². The van der Waals surface area contributed by atoms with Crippen molar-refractivity contribution in [2.45, 2.75) is 71.1 Å². The van der Waals surface area contributed by atoms with E-state index in [4.69, 9.17) is 4.74 Å². The Morgan fingerprint density at radius 2 is 1.59 bits per heavy atom. The molecule has 3 heteroatoms. The first-order chi connectivity index (χ1) is 8.31. The first kappa shape index (κ1) is 16.8. The van der Waals surface area contributed by atoms with Crippen LogP contribution in [-0.2, 0) is 9.53 Å². The minimum absolute atomic E-state index is 0.0179. The first-order valence-corrected chi connectivity index (χ1v) is 7.71. The highest BCUT2D eigenvalue weighted by Crippen LogP contribution is 2.07. The Morgan fingerprint density at radius 3 is 2.29 bits per heavy atom. The molecule has 0 radical (unpaired) electrons. The summed E-state index contributed by atoms with van der Waals surface area (Å²) in [6.45, 7) is 2.79. The Labute approximate surface area is 112 Å². The largest absolute Gasteiger partial charge is 0.466 e. The Kier molecular flexibility index (Phi) is 13.7. The SMILES string of the molecule is CCCCCCOC(=O)CCCCCCCS. The minimum atomic E-state index is -0.0179. The lowest BCUT2D eigenvalue weighted by molar-refractivity contribution is -0.143. The Bertz CT molecular complexity index is 172. The van der Waals surface area contributed by atoms with Crippen molar-refractivity contribution in [3.63, 3.8) is 0 Å². The monoisotopic (exact) mass is 260 g/mol. The summed E-state index contributed by atoms with van der Waals surface area (Å²) < 4.78 is 5.17. The third-order valence-corrected chi connectivity index (χ3v) is 3.12. The van der Waals surface area contributed by atoms with Crippen LogP contribution in [0, 0.1) is 0 Å². The highest BCUT2D eigenvalue weighted by atomic mass is 32.1. The summed E-state index contributed by atoms with van der Waals surface area (Å²) in [6.07, 6.45) is 11.0. The topological polar surface area (TPSA) is 26.3 Å². The summed E-state index contributed by atoms with van der Waals surface area (Å²) in [7, 11) is 0. The molecule has 0 bridgehead atoms. The van der Waals surface area contributed by atoms with Crippen molar-refractivity contribution in [2.24, 2.45) is 0 Å². The van der Waals surface area contributed by atoms with E-state index in [-0.39, 0.29) is 5.97 Å². The lowest BCUT2D eigenvalue weighted by atomic mass is 10.1. The average Bonchev–Trinajstić information content (AvgIpc) is 2.33. The van der Waals surface area contributed by atoms with Crippen molar-refractivity contribution in [3.8, 4) is 0 Å². The number of unbranched alkanes of at least 4 members (excludes halogenated alkanes) is 7. The molecule has 0 aliphatic carbocycles. The second-order valence-electron chi connectivity index (χ2n) is 4.52. The third kappa shape index (κ3) is 13.8. The molecule has 0 aliphatic rings. The molecular formula is C14H28O2S. The molecule has 0 aliphatic heterocycles. The number of hydrogen-bond donors (Lipinski definition) is 1. The normalized spacial score (nSPS) is 10.5. The smallest absolute Gasteiger partial charge is 0.305 e. The van der Waals surface area contributed by atoms with Gasteiger partial charge < -0.3 is 4.74 Å². The number of carbonyl (C=O) groups is 1. The van der Waals surface area contributed by atoms with Gasteiger partial charge in [0.15, 0.2) is 0 Å². The molecule has 0 fully saturated rings. The van der Waals surface area contributed by atoms with Crippen molar-refractivity contribution < 1.29 is 9.53 Å². The van der Waals surface area contributed by atoms with Crippen LogP contribution in [0.15, 0.2) is 0 Å². The van der Waals surface area contributed by atoms with Crippen LogP contribution in [0.4, 0.5) is 0 Å². The fourth-order valence-electron chi connectivity index (χ4n) is 1.70. The lowest BCUT2D eigenvalue weighted by Crippen LogP contribution is -2.05. The third-order valence-electron chi connectivity index (χ3n) is 2.80. The molecule has 0 unspecified atom stereocenters. The van der Waals surface area contributed by atoms with Crippen LogP contribution >= 0.6 is 12.6 Å². The minimum Gasteiger partial charge on any atom is -0.466 e. The summed E-state index contributed by atoms with van der Waals surface area (Å²) in [4.78, 5) is 11.3. The van der Waals surface area contributed by atoms with Crippen molar-refractivity contribution in [1.82, 2.24) is 0 Å². The molecule has 0 aromatic heterocycles. The Hall–Kier alpha value is -0.180. The van der Waals surface area contributed by atoms with Gasteiger partial charge in [-0.3, -0.25) is 4.79 Å². The van der Waals surface area contributed by atoms with Crippen LogP contribution in [0.5, 0.6) is 0 Å². The van der Waals surface area contributed by atoms with Gasteiger partial charge in [0.2, 0.25) is 0 Å². The van der Waals surface area contributed by atoms with Crippen LogP contribution in [0.1, 0.15) is 71.1 Å². The number of hydrogen-bond acceptors (Lipinski definition) is 3. The van der Waals surface area contributed by atoms with Crippen LogP contribution in [-0.4, -0.2) is 18.3 Å². The van der Waals surface area contributed by atoms with Crippen LogP contribution in [0.2, 0.25) is 0 Å².